The van der Waals surface area contributed by atoms with Crippen LogP contribution in [0.25, 0.3) is 0 Å². The lowest BCUT2D eigenvalue weighted by Crippen LogP contribution is -2.48. The monoisotopic (exact) mass is 406 g/mol. The van der Waals surface area contributed by atoms with Crippen LogP contribution in [-0.2, 0) is 23.8 Å². The molecule has 2 saturated heterocycles. The predicted octanol–water partition coefficient (Wildman–Crippen LogP) is 3.76. The number of carbonyl (C=O) groups excluding carboxylic acids is 2. The Kier molecular flexibility index (Phi) is 7.66. The lowest BCUT2D eigenvalue weighted by atomic mass is 9.92. The van der Waals surface area contributed by atoms with Gasteiger partial charge in [0.1, 0.15) is 5.60 Å². The van der Waals surface area contributed by atoms with Crippen LogP contribution in [-0.4, -0.2) is 47.1 Å². The Bertz CT molecular complexity index is 623. The Labute approximate surface area is 173 Å². The fraction of sp³-hybridized carbons (Fsp3) is 0.739. The molecule has 1 N–H and O–H groups in total. The highest BCUT2D eigenvalue weighted by molar-refractivity contribution is 6.00. The Morgan fingerprint density at radius 3 is 2.66 bits per heavy atom. The second kappa shape index (κ2) is 10.0. The molecule has 2 spiro atoms. The summed E-state index contributed by atoms with van der Waals surface area (Å²) in [4.78, 5) is 23.6. The average Bonchev–Trinajstić information content (AvgIpc) is 3.00. The molecule has 29 heavy (non-hydrogen) atoms. The molecule has 0 radical (unpaired) electrons. The maximum Gasteiger partial charge on any atom is 0.308 e. The summed E-state index contributed by atoms with van der Waals surface area (Å²) < 4.78 is 17.8. The Morgan fingerprint density at radius 1 is 1.17 bits per heavy atom. The van der Waals surface area contributed by atoms with Crippen LogP contribution >= 0.6 is 0 Å². The summed E-state index contributed by atoms with van der Waals surface area (Å²) in [5.74, 6) is -1.27. The van der Waals surface area contributed by atoms with Crippen LogP contribution in [0.3, 0.4) is 0 Å². The van der Waals surface area contributed by atoms with Crippen molar-refractivity contribution in [3.8, 4) is 0 Å². The quantitative estimate of drug-likeness (QED) is 0.464. The van der Waals surface area contributed by atoms with Crippen molar-refractivity contribution in [3.05, 3.63) is 24.3 Å². The van der Waals surface area contributed by atoms with Gasteiger partial charge in [-0.3, -0.25) is 9.59 Å². The molecular weight excluding hydrogens is 372 g/mol. The third kappa shape index (κ3) is 6.24. The minimum Gasteiger partial charge on any atom is -0.466 e. The molecule has 2 fully saturated rings. The first-order valence-electron chi connectivity index (χ1n) is 11.1. The van der Waals surface area contributed by atoms with E-state index in [1.807, 2.05) is 0 Å². The van der Waals surface area contributed by atoms with Gasteiger partial charge < -0.3 is 19.3 Å². The highest BCUT2D eigenvalue weighted by Gasteiger charge is 2.52. The van der Waals surface area contributed by atoms with E-state index in [4.69, 9.17) is 14.2 Å². The lowest BCUT2D eigenvalue weighted by molar-refractivity contribution is -0.291. The summed E-state index contributed by atoms with van der Waals surface area (Å²) in [6.07, 6.45) is 14.6. The van der Waals surface area contributed by atoms with E-state index in [9.17, 15) is 14.7 Å². The van der Waals surface area contributed by atoms with Gasteiger partial charge in [-0.1, -0.05) is 39.0 Å². The van der Waals surface area contributed by atoms with Gasteiger partial charge >= 0.3 is 5.97 Å². The summed E-state index contributed by atoms with van der Waals surface area (Å²) in [7, 11) is 0. The van der Waals surface area contributed by atoms with Gasteiger partial charge in [-0.25, -0.2) is 0 Å². The van der Waals surface area contributed by atoms with E-state index in [2.05, 4.69) is 6.92 Å². The number of rotatable bonds is 9. The number of ketones is 1. The first-order chi connectivity index (χ1) is 13.9. The smallest absolute Gasteiger partial charge is 0.308 e. The summed E-state index contributed by atoms with van der Waals surface area (Å²) in [6.45, 7) is 2.63. The molecule has 0 aromatic rings. The number of aliphatic hydroxyl groups excluding tert-OH is 1. The summed E-state index contributed by atoms with van der Waals surface area (Å²) in [6, 6.07) is 0. The molecule has 1 aliphatic carbocycles. The van der Waals surface area contributed by atoms with Crippen molar-refractivity contribution in [2.75, 3.05) is 6.61 Å². The van der Waals surface area contributed by atoms with Crippen LogP contribution in [0.5, 0.6) is 0 Å². The number of unbranched alkanes of at least 4 members (excludes halogenated alkanes) is 5. The molecule has 0 amide bonds. The molecule has 2 heterocycles. The van der Waals surface area contributed by atoms with Crippen molar-refractivity contribution >= 4 is 11.8 Å². The zero-order valence-corrected chi connectivity index (χ0v) is 17.4. The van der Waals surface area contributed by atoms with Crippen molar-refractivity contribution in [2.45, 2.75) is 101 Å². The minimum absolute atomic E-state index is 0.0595. The standard InChI is InChI=1S/C23H34O6/c1-2-3-4-5-6-7-14-27-21(26)16-20-15-19(25)17-23(28-20)13-12-22(29-23)10-8-18(24)9-11-22/h8-11,19-20,25H,2-7,12-17H2,1H3/t19?,20?,23-/m0/s1. The van der Waals surface area contributed by atoms with Gasteiger partial charge in [0, 0.05) is 19.3 Å². The molecule has 0 aromatic heterocycles. The summed E-state index contributed by atoms with van der Waals surface area (Å²) >= 11 is 0. The van der Waals surface area contributed by atoms with Gasteiger partial charge in [-0.15, -0.1) is 0 Å². The molecular formula is C23H34O6. The number of hydrogen-bond acceptors (Lipinski definition) is 6. The van der Waals surface area contributed by atoms with Gasteiger partial charge in [0.15, 0.2) is 11.6 Å². The van der Waals surface area contributed by atoms with E-state index in [-0.39, 0.29) is 18.2 Å². The zero-order chi connectivity index (χ0) is 20.7. The Morgan fingerprint density at radius 2 is 1.90 bits per heavy atom. The predicted molar refractivity (Wildman–Crippen MR) is 108 cm³/mol. The third-order valence-corrected chi connectivity index (χ3v) is 5.95. The van der Waals surface area contributed by atoms with E-state index in [1.165, 1.54) is 37.8 Å². The number of esters is 1. The number of ether oxygens (including phenoxy) is 3. The van der Waals surface area contributed by atoms with E-state index >= 15 is 0 Å². The molecule has 6 nitrogen and oxygen atoms in total. The molecule has 0 aromatic carbocycles. The molecule has 2 unspecified atom stereocenters. The van der Waals surface area contributed by atoms with Gasteiger partial charge in [-0.2, -0.15) is 0 Å². The summed E-state index contributed by atoms with van der Waals surface area (Å²) in [5.41, 5.74) is -0.659. The van der Waals surface area contributed by atoms with Crippen LogP contribution in [0, 0.1) is 0 Å². The molecule has 162 valence electrons. The van der Waals surface area contributed by atoms with Crippen molar-refractivity contribution in [3.63, 3.8) is 0 Å². The Balaban J connectivity index is 1.44. The number of carbonyl (C=O) groups is 2. The number of aliphatic hydroxyl groups is 1. The molecule has 0 saturated carbocycles. The van der Waals surface area contributed by atoms with E-state index in [1.54, 1.807) is 12.2 Å². The maximum absolute atomic E-state index is 12.2. The molecule has 0 bridgehead atoms. The van der Waals surface area contributed by atoms with E-state index < -0.39 is 23.6 Å². The van der Waals surface area contributed by atoms with Crippen molar-refractivity contribution < 1.29 is 28.9 Å². The minimum atomic E-state index is -0.920. The van der Waals surface area contributed by atoms with Gasteiger partial charge in [0.25, 0.3) is 0 Å². The largest absolute Gasteiger partial charge is 0.466 e. The number of hydrogen-bond donors (Lipinski definition) is 1. The van der Waals surface area contributed by atoms with Crippen LogP contribution < -0.4 is 0 Å². The van der Waals surface area contributed by atoms with Crippen molar-refractivity contribution in [1.29, 1.82) is 0 Å². The topological polar surface area (TPSA) is 82.1 Å². The molecule has 3 aliphatic rings. The second-order valence-corrected chi connectivity index (χ2v) is 8.56. The fourth-order valence-electron chi connectivity index (χ4n) is 4.44. The first kappa shape index (κ1) is 22.2. The molecule has 3 atom stereocenters. The number of allylic oxidation sites excluding steroid dienone is 2. The molecule has 2 aliphatic heterocycles. The lowest BCUT2D eigenvalue weighted by Gasteiger charge is -2.41. The van der Waals surface area contributed by atoms with Gasteiger partial charge in [0.2, 0.25) is 0 Å². The maximum atomic E-state index is 12.2. The molecule has 6 heteroatoms. The zero-order valence-electron chi connectivity index (χ0n) is 17.4. The third-order valence-electron chi connectivity index (χ3n) is 5.95. The average molecular weight is 407 g/mol. The highest BCUT2D eigenvalue weighted by atomic mass is 16.7. The van der Waals surface area contributed by atoms with Crippen LogP contribution in [0.4, 0.5) is 0 Å². The first-order valence-corrected chi connectivity index (χ1v) is 11.1. The van der Waals surface area contributed by atoms with Crippen molar-refractivity contribution in [2.24, 2.45) is 0 Å². The van der Waals surface area contributed by atoms with Gasteiger partial charge in [-0.05, 0) is 37.1 Å². The normalized spacial score (nSPS) is 30.3. The van der Waals surface area contributed by atoms with Gasteiger partial charge in [0.05, 0.1) is 25.2 Å². The van der Waals surface area contributed by atoms with Crippen LogP contribution in [0.1, 0.15) is 77.6 Å². The van der Waals surface area contributed by atoms with E-state index in [0.29, 0.717) is 32.3 Å². The molecule has 3 rings (SSSR count). The van der Waals surface area contributed by atoms with Crippen molar-refractivity contribution in [1.82, 2.24) is 0 Å². The van der Waals surface area contributed by atoms with Crippen LogP contribution in [0.15, 0.2) is 24.3 Å². The van der Waals surface area contributed by atoms with Crippen LogP contribution in [0.2, 0.25) is 0 Å². The SMILES string of the molecule is CCCCCCCCOC(=O)CC1CC(O)C[C@@]2(CCC3(C=CC(=O)C=C3)O2)O1. The Hall–Kier alpha value is -1.50. The fourth-order valence-corrected chi connectivity index (χ4v) is 4.44. The second-order valence-electron chi connectivity index (χ2n) is 8.56. The highest BCUT2D eigenvalue weighted by Crippen LogP contribution is 2.47. The van der Waals surface area contributed by atoms with E-state index in [0.717, 1.165) is 12.8 Å². The summed E-state index contributed by atoms with van der Waals surface area (Å²) in [5, 5.41) is 10.4.